The number of carbonyl (C=O) groups excluding carboxylic acids is 1. The summed E-state index contributed by atoms with van der Waals surface area (Å²) >= 11 is 6.03. The van der Waals surface area contributed by atoms with Crippen LogP contribution in [0.25, 0.3) is 11.0 Å². The number of methoxy groups -OCH3 is 1. The largest absolute Gasteiger partial charge is 0.494 e. The molecule has 2 heterocycles. The van der Waals surface area contributed by atoms with E-state index in [0.717, 1.165) is 0 Å². The quantitative estimate of drug-likeness (QED) is 0.730. The van der Waals surface area contributed by atoms with E-state index in [2.05, 4.69) is 9.98 Å². The third-order valence-corrected chi connectivity index (χ3v) is 4.08. The Hall–Kier alpha value is -2.90. The van der Waals surface area contributed by atoms with Gasteiger partial charge in [-0.1, -0.05) is 11.6 Å². The van der Waals surface area contributed by atoms with Gasteiger partial charge in [0.05, 0.1) is 19.4 Å². The summed E-state index contributed by atoms with van der Waals surface area (Å²) in [5.41, 5.74) is 7.46. The molecule has 0 unspecified atom stereocenters. The number of benzene rings is 1. The number of nitrogens with zero attached hydrogens (tertiary/aromatic N) is 2. The summed E-state index contributed by atoms with van der Waals surface area (Å²) in [4.78, 5) is 20.5. The molecule has 1 amide bonds. The Morgan fingerprint density at radius 2 is 2.19 bits per heavy atom. The minimum atomic E-state index is -0.714. The first-order chi connectivity index (χ1) is 12.4. The average molecular weight is 374 g/mol. The van der Waals surface area contributed by atoms with E-state index in [1.165, 1.54) is 19.4 Å². The van der Waals surface area contributed by atoms with Crippen LogP contribution in [0.2, 0.25) is 5.02 Å². The highest BCUT2D eigenvalue weighted by molar-refractivity contribution is 6.30. The third kappa shape index (κ3) is 3.26. The van der Waals surface area contributed by atoms with Crippen LogP contribution < -0.4 is 16.0 Å². The molecule has 3 N–H and O–H groups in total. The second kappa shape index (κ2) is 7.15. The van der Waals surface area contributed by atoms with Crippen LogP contribution in [0.1, 0.15) is 21.6 Å². The molecule has 0 bridgehead atoms. The molecule has 0 spiro atoms. The highest BCUT2D eigenvalue weighted by Crippen LogP contribution is 2.30. The molecule has 1 aromatic carbocycles. The van der Waals surface area contributed by atoms with Gasteiger partial charge in [0.1, 0.15) is 17.0 Å². The summed E-state index contributed by atoms with van der Waals surface area (Å²) < 4.78 is 11.1. The highest BCUT2D eigenvalue weighted by Gasteiger charge is 2.14. The van der Waals surface area contributed by atoms with Crippen LogP contribution in [0.4, 0.5) is 5.69 Å². The van der Waals surface area contributed by atoms with Crippen LogP contribution in [0.15, 0.2) is 39.9 Å². The molecule has 7 nitrogen and oxygen atoms in total. The Morgan fingerprint density at radius 3 is 2.85 bits per heavy atom. The molecule has 0 aliphatic rings. The van der Waals surface area contributed by atoms with Gasteiger partial charge >= 0.3 is 0 Å². The number of aliphatic hydroxyl groups is 1. The van der Waals surface area contributed by atoms with Crippen molar-refractivity contribution in [1.29, 1.82) is 0 Å². The van der Waals surface area contributed by atoms with Crippen molar-refractivity contribution in [3.8, 4) is 5.75 Å². The molecule has 0 fully saturated rings. The van der Waals surface area contributed by atoms with Gasteiger partial charge in [0.25, 0.3) is 5.91 Å². The fourth-order valence-corrected chi connectivity index (χ4v) is 2.70. The highest BCUT2D eigenvalue weighted by atomic mass is 35.5. The van der Waals surface area contributed by atoms with E-state index in [1.54, 1.807) is 25.1 Å². The molecule has 0 aliphatic carbocycles. The summed E-state index contributed by atoms with van der Waals surface area (Å²) in [6.07, 6.45) is 1.52. The molecule has 0 saturated heterocycles. The summed E-state index contributed by atoms with van der Waals surface area (Å²) in [6.45, 7) is 1.50. The number of hydrogen-bond donors (Lipinski definition) is 2. The third-order valence-electron chi connectivity index (χ3n) is 3.85. The second-order valence-electron chi connectivity index (χ2n) is 5.53. The number of fused-ring (bicyclic) bond motifs is 1. The number of carbonyl (C=O) groups is 1. The van der Waals surface area contributed by atoms with Crippen molar-refractivity contribution in [3.63, 3.8) is 0 Å². The van der Waals surface area contributed by atoms with E-state index in [0.29, 0.717) is 38.7 Å². The predicted octanol–water partition coefficient (Wildman–Crippen LogP) is 2.62. The smallest absolute Gasteiger partial charge is 0.254 e. The molecule has 26 heavy (non-hydrogen) atoms. The van der Waals surface area contributed by atoms with Gasteiger partial charge in [0.2, 0.25) is 5.55 Å². The number of rotatable bonds is 4. The standard InChI is InChI=1S/C18H16ClN3O4/c1-9-16-12(10(8-23)7-21-9)6-13(17(20)24)18(26-16)22-14-5-11(19)3-4-15(14)25-2/h3-7,23H,8H2,1-2H3,(H2,20,24). The molecule has 8 heteroatoms. The van der Waals surface area contributed by atoms with Gasteiger partial charge < -0.3 is 20.0 Å². The number of nitrogens with two attached hydrogens (primary N) is 1. The van der Waals surface area contributed by atoms with Crippen molar-refractivity contribution in [3.05, 3.63) is 57.9 Å². The fraction of sp³-hybridized carbons (Fsp3) is 0.167. The zero-order valence-corrected chi connectivity index (χ0v) is 14.9. The van der Waals surface area contributed by atoms with Crippen LogP contribution in [0.5, 0.6) is 5.75 Å². The molecule has 0 saturated carbocycles. The van der Waals surface area contributed by atoms with Gasteiger partial charge in [-0.25, -0.2) is 4.99 Å². The number of hydrogen-bond acceptors (Lipinski definition) is 6. The predicted molar refractivity (Wildman–Crippen MR) is 96.4 cm³/mol. The maximum atomic E-state index is 11.9. The van der Waals surface area contributed by atoms with Crippen molar-refractivity contribution < 1.29 is 19.1 Å². The Morgan fingerprint density at radius 1 is 1.42 bits per heavy atom. The lowest BCUT2D eigenvalue weighted by Crippen LogP contribution is -2.22. The monoisotopic (exact) mass is 373 g/mol. The van der Waals surface area contributed by atoms with Crippen molar-refractivity contribution in [2.75, 3.05) is 7.11 Å². The van der Waals surface area contributed by atoms with Crippen molar-refractivity contribution >= 4 is 34.2 Å². The molecule has 2 aromatic heterocycles. The van der Waals surface area contributed by atoms with E-state index < -0.39 is 5.91 Å². The lowest BCUT2D eigenvalue weighted by molar-refractivity contribution is 0.0996. The Labute approximate surface area is 153 Å². The van der Waals surface area contributed by atoms with Crippen LogP contribution in [-0.4, -0.2) is 23.1 Å². The number of halogens is 1. The maximum Gasteiger partial charge on any atom is 0.254 e. The van der Waals surface area contributed by atoms with E-state index in [9.17, 15) is 9.90 Å². The number of primary amides is 1. The summed E-state index contributed by atoms with van der Waals surface area (Å²) in [7, 11) is 1.50. The van der Waals surface area contributed by atoms with Crippen LogP contribution in [-0.2, 0) is 6.61 Å². The first-order valence-corrected chi connectivity index (χ1v) is 8.03. The Kier molecular flexibility index (Phi) is 4.92. The summed E-state index contributed by atoms with van der Waals surface area (Å²) in [6, 6.07) is 6.44. The minimum absolute atomic E-state index is 0.00514. The van der Waals surface area contributed by atoms with E-state index >= 15 is 0 Å². The molecule has 0 aliphatic heterocycles. The van der Waals surface area contributed by atoms with Gasteiger partial charge in [-0.2, -0.15) is 0 Å². The van der Waals surface area contributed by atoms with Crippen molar-refractivity contribution in [2.45, 2.75) is 13.5 Å². The minimum Gasteiger partial charge on any atom is -0.494 e. The molecule has 0 radical (unpaired) electrons. The normalized spacial score (nSPS) is 11.8. The molecule has 0 atom stereocenters. The molecule has 134 valence electrons. The van der Waals surface area contributed by atoms with Crippen molar-refractivity contribution in [2.24, 2.45) is 10.7 Å². The topological polar surface area (TPSA) is 111 Å². The zero-order valence-electron chi connectivity index (χ0n) is 14.1. The van der Waals surface area contributed by atoms with Gasteiger partial charge in [-0.05, 0) is 31.2 Å². The maximum absolute atomic E-state index is 11.9. The molecular weight excluding hydrogens is 358 g/mol. The van der Waals surface area contributed by atoms with Gasteiger partial charge in [-0.15, -0.1) is 0 Å². The van der Waals surface area contributed by atoms with E-state index in [4.69, 9.17) is 26.5 Å². The lowest BCUT2D eigenvalue weighted by atomic mass is 10.1. The van der Waals surface area contributed by atoms with Gasteiger partial charge in [0.15, 0.2) is 5.58 Å². The molecule has 3 rings (SSSR count). The van der Waals surface area contributed by atoms with Crippen LogP contribution in [0.3, 0.4) is 0 Å². The van der Waals surface area contributed by atoms with E-state index in [-0.39, 0.29) is 17.7 Å². The van der Waals surface area contributed by atoms with Crippen LogP contribution in [0, 0.1) is 6.92 Å². The second-order valence-corrected chi connectivity index (χ2v) is 5.96. The SMILES string of the molecule is COc1ccc(Cl)cc1N=c1oc2c(C)ncc(CO)c2cc1C(N)=O. The van der Waals surface area contributed by atoms with Gasteiger partial charge in [-0.3, -0.25) is 9.78 Å². The lowest BCUT2D eigenvalue weighted by Gasteiger charge is -2.08. The molecular formula is C18H16ClN3O4. The molecule has 3 aromatic rings. The number of aryl methyl sites for hydroxylation is 1. The van der Waals surface area contributed by atoms with Crippen molar-refractivity contribution in [1.82, 2.24) is 4.98 Å². The number of pyridine rings is 1. The summed E-state index contributed by atoms with van der Waals surface area (Å²) in [5, 5.41) is 10.5. The van der Waals surface area contributed by atoms with Crippen LogP contribution >= 0.6 is 11.6 Å². The number of ether oxygens (including phenoxy) is 1. The number of amides is 1. The van der Waals surface area contributed by atoms with E-state index in [1.807, 2.05) is 0 Å². The summed E-state index contributed by atoms with van der Waals surface area (Å²) in [5.74, 6) is -0.257. The first kappa shape index (κ1) is 17.9. The zero-order chi connectivity index (χ0) is 18.8. The Balaban J connectivity index is 2.39. The Bertz CT molecular complexity index is 1080. The van der Waals surface area contributed by atoms with Gasteiger partial charge in [0, 0.05) is 22.2 Å². The fourth-order valence-electron chi connectivity index (χ4n) is 2.53. The number of aromatic nitrogens is 1. The first-order valence-electron chi connectivity index (χ1n) is 7.66. The average Bonchev–Trinajstić information content (AvgIpc) is 2.62. The number of aliphatic hydroxyl groups excluding tert-OH is 1.